The highest BCUT2D eigenvalue weighted by Gasteiger charge is 2.31. The molecule has 1 aliphatic heterocycles. The number of rotatable bonds is 10. The Bertz CT molecular complexity index is 1900. The molecule has 5 rings (SSSR count). The van der Waals surface area contributed by atoms with Crippen molar-refractivity contribution in [1.82, 2.24) is 14.3 Å². The molecular formula is C31H31N3O8S2. The molecule has 0 radical (unpaired) electrons. The van der Waals surface area contributed by atoms with Crippen molar-refractivity contribution in [2.24, 2.45) is 0 Å². The van der Waals surface area contributed by atoms with Gasteiger partial charge in [-0.1, -0.05) is 66.7 Å². The molecule has 11 nitrogen and oxygen atoms in total. The van der Waals surface area contributed by atoms with Gasteiger partial charge in [-0.2, -0.15) is 0 Å². The summed E-state index contributed by atoms with van der Waals surface area (Å²) < 4.78 is 57.0. The summed E-state index contributed by atoms with van der Waals surface area (Å²) in [7, 11) is -8.27. The highest BCUT2D eigenvalue weighted by Crippen LogP contribution is 2.43. The lowest BCUT2D eigenvalue weighted by atomic mass is 9.99. The Morgan fingerprint density at radius 1 is 0.727 bits per heavy atom. The zero-order valence-corrected chi connectivity index (χ0v) is 25.1. The fourth-order valence-corrected chi connectivity index (χ4v) is 7.16. The zero-order chi connectivity index (χ0) is 31.5. The number of hydrogen-bond donors (Lipinski definition) is 5. The molecular weight excluding hydrogens is 606 g/mol. The lowest BCUT2D eigenvalue weighted by molar-refractivity contribution is 0.0730. The van der Waals surface area contributed by atoms with Gasteiger partial charge >= 0.3 is 0 Å². The summed E-state index contributed by atoms with van der Waals surface area (Å²) in [5, 5.41) is 31.3. The monoisotopic (exact) mass is 637 g/mol. The van der Waals surface area contributed by atoms with E-state index in [9.17, 15) is 36.9 Å². The normalized spacial score (nSPS) is 13.4. The lowest BCUT2D eigenvalue weighted by Gasteiger charge is -2.29. The van der Waals surface area contributed by atoms with Crippen LogP contribution in [0.5, 0.6) is 17.2 Å². The van der Waals surface area contributed by atoms with Crippen LogP contribution >= 0.6 is 0 Å². The summed E-state index contributed by atoms with van der Waals surface area (Å²) in [5.41, 5.74) is 2.49. The predicted molar refractivity (Wildman–Crippen MR) is 162 cm³/mol. The Balaban J connectivity index is 1.34. The number of fused-ring (bicyclic) bond motifs is 1. The van der Waals surface area contributed by atoms with Crippen LogP contribution in [0, 0.1) is 0 Å². The van der Waals surface area contributed by atoms with Crippen molar-refractivity contribution in [3.8, 4) is 17.2 Å². The Hall–Kier alpha value is -4.43. The van der Waals surface area contributed by atoms with Gasteiger partial charge in [0.15, 0.2) is 11.5 Å². The molecule has 5 N–H and O–H groups in total. The summed E-state index contributed by atoms with van der Waals surface area (Å²) in [6.45, 7) is 0.228. The number of carbonyl (C=O) groups is 1. The van der Waals surface area contributed by atoms with Gasteiger partial charge in [-0.3, -0.25) is 4.79 Å². The maximum Gasteiger partial charge on any atom is 0.258 e. The van der Waals surface area contributed by atoms with Crippen LogP contribution in [0.15, 0.2) is 94.7 Å². The van der Waals surface area contributed by atoms with Crippen LogP contribution in [0.4, 0.5) is 0 Å². The van der Waals surface area contributed by atoms with E-state index in [-0.39, 0.29) is 31.1 Å². The minimum absolute atomic E-state index is 0.0293. The molecule has 4 aromatic carbocycles. The van der Waals surface area contributed by atoms with Gasteiger partial charge in [0, 0.05) is 26.2 Å². The quantitative estimate of drug-likeness (QED) is 0.165. The van der Waals surface area contributed by atoms with E-state index in [0.29, 0.717) is 24.0 Å². The summed E-state index contributed by atoms with van der Waals surface area (Å²) in [6, 6.07) is 23.5. The molecule has 1 heterocycles. The molecule has 4 aromatic rings. The molecule has 0 aromatic heterocycles. The van der Waals surface area contributed by atoms with Gasteiger partial charge in [-0.15, -0.1) is 0 Å². The van der Waals surface area contributed by atoms with Crippen molar-refractivity contribution in [1.29, 1.82) is 0 Å². The SMILES string of the molecule is O=C(c1cc(S(=O)(=O)NCc2ccccc2)c(O)c(O)c1O)N1CCc2ccc(S(=O)(=O)NCCc3ccccc3)cc2C1. The summed E-state index contributed by atoms with van der Waals surface area (Å²) in [5.74, 6) is -4.03. The van der Waals surface area contributed by atoms with Crippen LogP contribution in [0.25, 0.3) is 0 Å². The highest BCUT2D eigenvalue weighted by atomic mass is 32.2. The first kappa shape index (κ1) is 31.0. The molecule has 0 saturated carbocycles. The molecule has 44 heavy (non-hydrogen) atoms. The number of nitrogens with one attached hydrogen (secondary N) is 2. The molecule has 1 amide bonds. The van der Waals surface area contributed by atoms with E-state index in [1.54, 1.807) is 36.4 Å². The Labute approximate surface area is 255 Å². The van der Waals surface area contributed by atoms with Crippen molar-refractivity contribution in [2.45, 2.75) is 35.7 Å². The van der Waals surface area contributed by atoms with Crippen LogP contribution in [-0.2, 0) is 46.0 Å². The van der Waals surface area contributed by atoms with Crippen molar-refractivity contribution < 1.29 is 36.9 Å². The number of amides is 1. The first-order valence-electron chi connectivity index (χ1n) is 13.7. The van der Waals surface area contributed by atoms with E-state index in [4.69, 9.17) is 0 Å². The average Bonchev–Trinajstić information content (AvgIpc) is 3.03. The van der Waals surface area contributed by atoms with Gasteiger partial charge in [0.1, 0.15) is 4.90 Å². The number of nitrogens with zero attached hydrogens (tertiary/aromatic N) is 1. The number of hydrogen-bond acceptors (Lipinski definition) is 8. The molecule has 0 fully saturated rings. The minimum Gasteiger partial charge on any atom is -0.504 e. The number of benzene rings is 4. The summed E-state index contributed by atoms with van der Waals surface area (Å²) in [6.07, 6.45) is 0.882. The van der Waals surface area contributed by atoms with Crippen LogP contribution in [0.2, 0.25) is 0 Å². The molecule has 230 valence electrons. The predicted octanol–water partition coefficient (Wildman–Crippen LogP) is 3.00. The van der Waals surface area contributed by atoms with Crippen LogP contribution in [0.3, 0.4) is 0 Å². The Morgan fingerprint density at radius 2 is 1.39 bits per heavy atom. The minimum atomic E-state index is -4.43. The largest absolute Gasteiger partial charge is 0.504 e. The molecule has 0 atom stereocenters. The van der Waals surface area contributed by atoms with Gasteiger partial charge in [-0.25, -0.2) is 26.3 Å². The van der Waals surface area contributed by atoms with Gasteiger partial charge in [0.2, 0.25) is 25.8 Å². The number of sulfonamides is 2. The van der Waals surface area contributed by atoms with Gasteiger partial charge in [-0.05, 0) is 53.3 Å². The van der Waals surface area contributed by atoms with E-state index in [0.717, 1.165) is 17.2 Å². The Morgan fingerprint density at radius 3 is 2.07 bits per heavy atom. The van der Waals surface area contributed by atoms with E-state index in [1.165, 1.54) is 17.0 Å². The van der Waals surface area contributed by atoms with E-state index in [1.807, 2.05) is 30.3 Å². The number of phenols is 3. The molecule has 0 spiro atoms. The Kier molecular flexibility index (Phi) is 8.92. The number of phenolic OH excluding ortho intramolecular Hbond substituents is 3. The van der Waals surface area contributed by atoms with Gasteiger partial charge in [0.05, 0.1) is 10.5 Å². The highest BCUT2D eigenvalue weighted by molar-refractivity contribution is 7.89. The van der Waals surface area contributed by atoms with Gasteiger partial charge in [0.25, 0.3) is 5.91 Å². The standard InChI is InChI=1S/C31H31N3O8S2/c35-28-26(18-27(29(36)30(28)37)44(41,42)33-19-22-9-5-2-6-10-22)31(38)34-16-14-23-11-12-25(17-24(23)20-34)43(39,40)32-15-13-21-7-3-1-4-8-21/h1-12,17-18,32-33,35-37H,13-16,19-20H2. The second-order valence-electron chi connectivity index (χ2n) is 10.3. The van der Waals surface area contributed by atoms with Crippen LogP contribution in [-0.4, -0.2) is 56.1 Å². The first-order chi connectivity index (χ1) is 21.0. The van der Waals surface area contributed by atoms with E-state index in [2.05, 4.69) is 9.44 Å². The van der Waals surface area contributed by atoms with E-state index >= 15 is 0 Å². The average molecular weight is 638 g/mol. The van der Waals surface area contributed by atoms with Crippen molar-refractivity contribution in [3.63, 3.8) is 0 Å². The second kappa shape index (κ2) is 12.7. The topological polar surface area (TPSA) is 173 Å². The summed E-state index contributed by atoms with van der Waals surface area (Å²) in [4.78, 5) is 14.1. The molecule has 13 heteroatoms. The third kappa shape index (κ3) is 6.70. The molecule has 0 aliphatic carbocycles. The third-order valence-corrected chi connectivity index (χ3v) is 10.3. The first-order valence-corrected chi connectivity index (χ1v) is 16.7. The maximum absolute atomic E-state index is 13.5. The smallest absolute Gasteiger partial charge is 0.258 e. The van der Waals surface area contributed by atoms with Crippen LogP contribution < -0.4 is 9.44 Å². The lowest BCUT2D eigenvalue weighted by Crippen LogP contribution is -2.36. The van der Waals surface area contributed by atoms with Crippen molar-refractivity contribution >= 4 is 26.0 Å². The summed E-state index contributed by atoms with van der Waals surface area (Å²) >= 11 is 0. The van der Waals surface area contributed by atoms with E-state index < -0.39 is 53.7 Å². The fourth-order valence-electron chi connectivity index (χ4n) is 4.95. The molecule has 1 aliphatic rings. The van der Waals surface area contributed by atoms with Crippen molar-refractivity contribution in [3.05, 3.63) is 113 Å². The van der Waals surface area contributed by atoms with Crippen LogP contribution in [0.1, 0.15) is 32.6 Å². The second-order valence-corrected chi connectivity index (χ2v) is 13.8. The fraction of sp³-hybridized carbons (Fsp3) is 0.194. The van der Waals surface area contributed by atoms with Gasteiger partial charge < -0.3 is 20.2 Å². The molecule has 0 saturated heterocycles. The van der Waals surface area contributed by atoms with Crippen molar-refractivity contribution in [2.75, 3.05) is 13.1 Å². The molecule has 0 unspecified atom stereocenters. The number of aromatic hydroxyl groups is 3. The maximum atomic E-state index is 13.5. The zero-order valence-electron chi connectivity index (χ0n) is 23.5. The molecule has 0 bridgehead atoms. The number of carbonyl (C=O) groups excluding carboxylic acids is 1. The third-order valence-electron chi connectivity index (χ3n) is 7.38.